The van der Waals surface area contributed by atoms with E-state index in [-0.39, 0.29) is 13.5 Å². The maximum absolute atomic E-state index is 13.0. The zero-order chi connectivity index (χ0) is 21.7. The number of nitrogens with one attached hydrogen (secondary N) is 1. The molecular formula is C26H27N3O3S. The van der Waals surface area contributed by atoms with Crippen molar-refractivity contribution in [2.75, 3.05) is 4.72 Å². The molecular weight excluding hydrogens is 434 g/mol. The molecule has 1 aliphatic carbocycles. The smallest absolute Gasteiger partial charge is 0.237 e. The lowest BCUT2D eigenvalue weighted by Gasteiger charge is -2.26. The van der Waals surface area contributed by atoms with Gasteiger partial charge in [0.1, 0.15) is 28.9 Å². The van der Waals surface area contributed by atoms with Crippen LogP contribution in [-0.2, 0) is 16.6 Å². The van der Waals surface area contributed by atoms with Gasteiger partial charge >= 0.3 is 0 Å². The fraction of sp³-hybridized carbons (Fsp3) is 0.269. The van der Waals surface area contributed by atoms with Gasteiger partial charge in [-0.05, 0) is 61.2 Å². The fourth-order valence-corrected chi connectivity index (χ4v) is 6.74. The van der Waals surface area contributed by atoms with Crippen LogP contribution in [0.25, 0.3) is 22.4 Å². The Kier molecular flexibility index (Phi) is 5.37. The third kappa shape index (κ3) is 3.66. The number of para-hydroxylation sites is 1. The predicted octanol–water partition coefficient (Wildman–Crippen LogP) is 5.77. The summed E-state index contributed by atoms with van der Waals surface area (Å²) in [5.74, 6) is 1.59. The minimum atomic E-state index is -3.46. The third-order valence-corrected chi connectivity index (χ3v) is 8.33. The van der Waals surface area contributed by atoms with Gasteiger partial charge in [0.05, 0.1) is 17.2 Å². The highest BCUT2D eigenvalue weighted by atomic mass is 32.2. The zero-order valence-electron chi connectivity index (χ0n) is 17.4. The van der Waals surface area contributed by atoms with E-state index in [2.05, 4.69) is 9.29 Å². The summed E-state index contributed by atoms with van der Waals surface area (Å²) < 4.78 is 37.0. The highest BCUT2D eigenvalue weighted by molar-refractivity contribution is 7.93. The second-order valence-electron chi connectivity index (χ2n) is 8.46. The van der Waals surface area contributed by atoms with Gasteiger partial charge in [-0.2, -0.15) is 0 Å². The summed E-state index contributed by atoms with van der Waals surface area (Å²) in [4.78, 5) is 4.91. The average Bonchev–Trinajstić information content (AvgIpc) is 3.44. The van der Waals surface area contributed by atoms with E-state index in [1.165, 1.54) is 0 Å². The van der Waals surface area contributed by atoms with E-state index in [0.29, 0.717) is 24.2 Å². The lowest BCUT2D eigenvalue weighted by molar-refractivity contribution is 0.306. The number of nitrogens with zero attached hydrogens (tertiary/aromatic N) is 2. The Bertz CT molecular complexity index is 1400. The molecule has 1 saturated carbocycles. The van der Waals surface area contributed by atoms with Crippen molar-refractivity contribution in [3.8, 4) is 17.1 Å². The number of aromatic nitrogens is 2. The summed E-state index contributed by atoms with van der Waals surface area (Å²) in [6.07, 6.45) is 2.37. The first-order valence-electron chi connectivity index (χ1n) is 10.9. The molecule has 0 spiro atoms. The van der Waals surface area contributed by atoms with Crippen LogP contribution in [0, 0.1) is 0 Å². The van der Waals surface area contributed by atoms with E-state index in [1.807, 2.05) is 66.7 Å². The van der Waals surface area contributed by atoms with E-state index in [0.717, 1.165) is 41.1 Å². The molecule has 7 heteroatoms. The van der Waals surface area contributed by atoms with Crippen molar-refractivity contribution in [3.05, 3.63) is 78.4 Å². The molecule has 1 aromatic heterocycles. The summed E-state index contributed by atoms with van der Waals surface area (Å²) in [6.45, 7) is 0.509. The zero-order valence-corrected chi connectivity index (χ0v) is 18.3. The number of benzene rings is 3. The number of fused-ring (bicyclic) bond motifs is 2. The molecule has 0 amide bonds. The Morgan fingerprint density at radius 3 is 2.55 bits per heavy atom. The second-order valence-corrected chi connectivity index (χ2v) is 10.4. The minimum Gasteiger partial charge on any atom is -0.489 e. The number of anilines is 1. The normalized spacial score (nSPS) is 20.4. The van der Waals surface area contributed by atoms with Crippen LogP contribution in [0.4, 0.5) is 5.69 Å². The van der Waals surface area contributed by atoms with Gasteiger partial charge in [-0.15, -0.1) is 0 Å². The van der Waals surface area contributed by atoms with Crippen LogP contribution in [0.5, 0.6) is 5.75 Å². The van der Waals surface area contributed by atoms with Crippen LogP contribution in [0.1, 0.15) is 38.3 Å². The number of imidazole rings is 1. The molecule has 0 radical (unpaired) electrons. The van der Waals surface area contributed by atoms with E-state index in [4.69, 9.17) is 9.72 Å². The number of hydrogen-bond acceptors (Lipinski definition) is 4. The molecule has 2 unspecified atom stereocenters. The van der Waals surface area contributed by atoms with E-state index >= 15 is 0 Å². The van der Waals surface area contributed by atoms with Gasteiger partial charge in [-0.3, -0.25) is 4.72 Å². The van der Waals surface area contributed by atoms with Gasteiger partial charge in [0.2, 0.25) is 10.0 Å². The summed E-state index contributed by atoms with van der Waals surface area (Å²) in [6, 6.07) is 23.5. The molecule has 2 heterocycles. The maximum Gasteiger partial charge on any atom is 0.237 e. The van der Waals surface area contributed by atoms with Crippen LogP contribution in [0.3, 0.4) is 0 Å². The van der Waals surface area contributed by atoms with E-state index in [9.17, 15) is 8.42 Å². The first-order chi connectivity index (χ1) is 15.6. The molecule has 2 atom stereocenters. The predicted molar refractivity (Wildman–Crippen MR) is 132 cm³/mol. The van der Waals surface area contributed by atoms with Crippen molar-refractivity contribution < 1.29 is 13.2 Å². The SMILES string of the molecule is C.O=S1(=O)Nc2cccc3c2nc(-c2ccc(OCc4ccccc4)cc2)n3C2CCCC21. The van der Waals surface area contributed by atoms with Crippen LogP contribution >= 0.6 is 0 Å². The summed E-state index contributed by atoms with van der Waals surface area (Å²) in [5.41, 5.74) is 4.28. The molecule has 170 valence electrons. The quantitative estimate of drug-likeness (QED) is 0.419. The number of rotatable bonds is 4. The molecule has 2 aliphatic rings. The Balaban J connectivity index is 0.00000228. The lowest BCUT2D eigenvalue weighted by atomic mass is 10.1. The van der Waals surface area contributed by atoms with Gasteiger partial charge in [0.15, 0.2) is 0 Å². The molecule has 0 saturated heterocycles. The number of hydrogen-bond donors (Lipinski definition) is 1. The Hall–Kier alpha value is -3.32. The topological polar surface area (TPSA) is 73.2 Å². The van der Waals surface area contributed by atoms with Gasteiger partial charge < -0.3 is 9.30 Å². The maximum atomic E-state index is 13.0. The highest BCUT2D eigenvalue weighted by Gasteiger charge is 2.42. The van der Waals surface area contributed by atoms with Crippen molar-refractivity contribution in [1.82, 2.24) is 9.55 Å². The molecule has 6 rings (SSSR count). The fourth-order valence-electron chi connectivity index (χ4n) is 4.97. The lowest BCUT2D eigenvalue weighted by Crippen LogP contribution is -2.33. The number of ether oxygens (including phenoxy) is 1. The Morgan fingerprint density at radius 2 is 1.76 bits per heavy atom. The molecule has 33 heavy (non-hydrogen) atoms. The monoisotopic (exact) mass is 461 g/mol. The van der Waals surface area contributed by atoms with Gasteiger partial charge in [-0.25, -0.2) is 13.4 Å². The summed E-state index contributed by atoms with van der Waals surface area (Å²) in [5, 5.41) is -0.453. The van der Waals surface area contributed by atoms with Crippen molar-refractivity contribution in [2.24, 2.45) is 0 Å². The highest BCUT2D eigenvalue weighted by Crippen LogP contribution is 2.44. The molecule has 1 N–H and O–H groups in total. The third-order valence-electron chi connectivity index (χ3n) is 6.48. The molecule has 4 aromatic rings. The van der Waals surface area contributed by atoms with Crippen LogP contribution in [0.2, 0.25) is 0 Å². The van der Waals surface area contributed by atoms with Crippen LogP contribution < -0.4 is 9.46 Å². The van der Waals surface area contributed by atoms with Gasteiger partial charge in [-0.1, -0.05) is 43.8 Å². The largest absolute Gasteiger partial charge is 0.489 e. The van der Waals surface area contributed by atoms with Crippen LogP contribution in [-0.4, -0.2) is 23.2 Å². The molecule has 6 nitrogen and oxygen atoms in total. The minimum absolute atomic E-state index is 0. The Morgan fingerprint density at radius 1 is 0.970 bits per heavy atom. The molecule has 1 aliphatic heterocycles. The summed E-state index contributed by atoms with van der Waals surface area (Å²) >= 11 is 0. The van der Waals surface area contributed by atoms with Gasteiger partial charge in [0.25, 0.3) is 0 Å². The average molecular weight is 462 g/mol. The van der Waals surface area contributed by atoms with Crippen molar-refractivity contribution in [2.45, 2.75) is 44.6 Å². The summed E-state index contributed by atoms with van der Waals surface area (Å²) in [7, 11) is -3.46. The van der Waals surface area contributed by atoms with Crippen molar-refractivity contribution in [3.63, 3.8) is 0 Å². The second kappa shape index (κ2) is 8.23. The van der Waals surface area contributed by atoms with Crippen LogP contribution in [0.15, 0.2) is 72.8 Å². The first kappa shape index (κ1) is 21.5. The number of sulfonamides is 1. The Labute approximate surface area is 194 Å². The standard InChI is InChI=1S/C25H23N3O3S.CH4/c29-32(30)23-11-5-9-21(23)28-22-10-4-8-20(27-32)24(22)26-25(28)18-12-14-19(15-13-18)31-16-17-6-2-1-3-7-17;/h1-4,6-8,10,12-15,21,23,27H,5,9,11,16H2;1H4. The van der Waals surface area contributed by atoms with Crippen molar-refractivity contribution in [1.29, 1.82) is 0 Å². The molecule has 1 fully saturated rings. The van der Waals surface area contributed by atoms with E-state index in [1.54, 1.807) is 6.07 Å². The van der Waals surface area contributed by atoms with E-state index < -0.39 is 15.3 Å². The van der Waals surface area contributed by atoms with Crippen molar-refractivity contribution >= 4 is 26.7 Å². The molecule has 4 bridgehead atoms. The van der Waals surface area contributed by atoms with Gasteiger partial charge in [0, 0.05) is 5.56 Å². The molecule has 3 aromatic carbocycles. The first-order valence-corrected chi connectivity index (χ1v) is 12.4.